The van der Waals surface area contributed by atoms with Crippen LogP contribution in [0.5, 0.6) is 0 Å². The first-order valence-electron chi connectivity index (χ1n) is 9.64. The average molecular weight is 361 g/mol. The summed E-state index contributed by atoms with van der Waals surface area (Å²) in [5.74, 6) is 0. The predicted molar refractivity (Wildman–Crippen MR) is 106 cm³/mol. The number of aryl methyl sites for hydroxylation is 1. The molecule has 1 saturated carbocycles. The summed E-state index contributed by atoms with van der Waals surface area (Å²) in [6.45, 7) is 10.7. The second-order valence-electron chi connectivity index (χ2n) is 8.04. The van der Waals surface area contributed by atoms with E-state index in [0.717, 1.165) is 18.4 Å². The third-order valence-corrected chi connectivity index (χ3v) is 8.60. The summed E-state index contributed by atoms with van der Waals surface area (Å²) in [6.07, 6.45) is 6.56. The van der Waals surface area contributed by atoms with Crippen LogP contribution in [0.3, 0.4) is 0 Å². The van der Waals surface area contributed by atoms with Crippen molar-refractivity contribution in [3.63, 3.8) is 0 Å². The van der Waals surface area contributed by atoms with Crippen molar-refractivity contribution >= 4 is 13.8 Å². The fourth-order valence-electron chi connectivity index (χ4n) is 4.50. The second-order valence-corrected chi connectivity index (χ2v) is 10.2. The van der Waals surface area contributed by atoms with Crippen molar-refractivity contribution in [2.24, 2.45) is 4.76 Å². The zero-order chi connectivity index (χ0) is 18.2. The van der Waals surface area contributed by atoms with Gasteiger partial charge in [0.05, 0.1) is 0 Å². The molecule has 2 atom stereocenters. The molecule has 3 rings (SSSR count). The van der Waals surface area contributed by atoms with Gasteiger partial charge >= 0.3 is 7.59 Å². The molecule has 4 nitrogen and oxygen atoms in total. The Balaban J connectivity index is 2.01. The molecule has 25 heavy (non-hydrogen) atoms. The topological polar surface area (TPSA) is 35.9 Å². The van der Waals surface area contributed by atoms with Gasteiger partial charge in [0.1, 0.15) is 0 Å². The summed E-state index contributed by atoms with van der Waals surface area (Å²) >= 11 is 0. The number of hydrogen-bond acceptors (Lipinski definition) is 1. The van der Waals surface area contributed by atoms with E-state index in [1.165, 1.54) is 18.4 Å². The van der Waals surface area contributed by atoms with Gasteiger partial charge in [-0.1, -0.05) is 42.7 Å². The van der Waals surface area contributed by atoms with E-state index in [4.69, 9.17) is 4.76 Å². The van der Waals surface area contributed by atoms with Gasteiger partial charge in [-0.05, 0) is 53.0 Å². The molecular formula is C20H32N3OP. The van der Waals surface area contributed by atoms with Gasteiger partial charge in [0.2, 0.25) is 0 Å². The molecule has 1 saturated heterocycles. The molecule has 138 valence electrons. The zero-order valence-electron chi connectivity index (χ0n) is 16.2. The molecule has 0 bridgehead atoms. The van der Waals surface area contributed by atoms with Gasteiger partial charge in [0.15, 0.2) is 0 Å². The molecule has 0 N–H and O–H groups in total. The minimum Gasteiger partial charge on any atom is -0.262 e. The molecule has 1 aromatic rings. The maximum atomic E-state index is 14.2. The molecule has 2 fully saturated rings. The first-order valence-corrected chi connectivity index (χ1v) is 11.2. The van der Waals surface area contributed by atoms with E-state index in [-0.39, 0.29) is 12.1 Å². The fourth-order valence-corrected chi connectivity index (χ4v) is 7.77. The Morgan fingerprint density at radius 2 is 1.48 bits per heavy atom. The Morgan fingerprint density at radius 3 is 1.92 bits per heavy atom. The number of nitrogens with zero attached hydrogens (tertiary/aromatic N) is 3. The Hall–Kier alpha value is -0.960. The zero-order valence-corrected chi connectivity index (χ0v) is 17.1. The van der Waals surface area contributed by atoms with Crippen LogP contribution in [0.15, 0.2) is 29.0 Å². The third-order valence-electron chi connectivity index (χ3n) is 5.47. The van der Waals surface area contributed by atoms with E-state index < -0.39 is 7.59 Å². The number of hydrogen-bond donors (Lipinski definition) is 0. The van der Waals surface area contributed by atoms with Crippen molar-refractivity contribution in [1.82, 2.24) is 9.34 Å². The molecule has 1 aliphatic heterocycles. The van der Waals surface area contributed by atoms with Crippen LogP contribution in [0.25, 0.3) is 0 Å². The smallest absolute Gasteiger partial charge is 0.262 e. The van der Waals surface area contributed by atoms with Crippen LogP contribution in [-0.4, -0.2) is 39.7 Å². The summed E-state index contributed by atoms with van der Waals surface area (Å²) in [6, 6.07) is 9.46. The van der Waals surface area contributed by atoms with Crippen molar-refractivity contribution < 1.29 is 4.57 Å². The van der Waals surface area contributed by atoms with Crippen molar-refractivity contribution in [2.45, 2.75) is 84.5 Å². The third kappa shape index (κ3) is 3.49. The Bertz CT molecular complexity index is 640. The number of rotatable bonds is 4. The van der Waals surface area contributed by atoms with Crippen LogP contribution in [0.2, 0.25) is 0 Å². The maximum absolute atomic E-state index is 14.2. The quantitative estimate of drug-likeness (QED) is 0.541. The second kappa shape index (κ2) is 7.34. The van der Waals surface area contributed by atoms with Gasteiger partial charge in [-0.2, -0.15) is 0 Å². The Labute approximate surface area is 152 Å². The molecule has 0 aromatic heterocycles. The maximum Gasteiger partial charge on any atom is 0.330 e. The lowest BCUT2D eigenvalue weighted by atomic mass is 9.89. The van der Waals surface area contributed by atoms with E-state index in [1.807, 2.05) is 18.3 Å². The molecule has 0 unspecified atom stereocenters. The Kier molecular flexibility index (Phi) is 5.53. The van der Waals surface area contributed by atoms with Gasteiger partial charge in [-0.3, -0.25) is 4.57 Å². The molecule has 0 amide bonds. The van der Waals surface area contributed by atoms with Crippen LogP contribution in [0, 0.1) is 6.92 Å². The highest BCUT2D eigenvalue weighted by Gasteiger charge is 2.56. The van der Waals surface area contributed by atoms with E-state index in [0.29, 0.717) is 12.1 Å². The standard InChI is InChI=1S/C20H32N3OP/c1-15(2)22-19-8-6-7-9-20(19)23(16(3)4)25(22,24)21-14-18-12-10-17(5)11-13-18/h10-16,19-20H,6-9H2,1-5H3/b21-14+/t19-,20-/m1/s1. The van der Waals surface area contributed by atoms with E-state index in [2.05, 4.69) is 56.1 Å². The summed E-state index contributed by atoms with van der Waals surface area (Å²) in [5, 5.41) is 0. The Morgan fingerprint density at radius 1 is 1.00 bits per heavy atom. The normalized spacial score (nSPS) is 27.5. The van der Waals surface area contributed by atoms with Crippen molar-refractivity contribution in [3.05, 3.63) is 35.4 Å². The molecule has 0 spiro atoms. The van der Waals surface area contributed by atoms with Crippen LogP contribution in [-0.2, 0) is 4.57 Å². The van der Waals surface area contributed by atoms with Gasteiger partial charge < -0.3 is 0 Å². The minimum atomic E-state index is -2.95. The lowest BCUT2D eigenvalue weighted by molar-refractivity contribution is 0.173. The van der Waals surface area contributed by atoms with Crippen LogP contribution >= 0.6 is 7.59 Å². The van der Waals surface area contributed by atoms with E-state index in [1.54, 1.807) is 0 Å². The fraction of sp³-hybridized carbons (Fsp3) is 0.650. The molecular weight excluding hydrogens is 329 g/mol. The van der Waals surface area contributed by atoms with Crippen LogP contribution < -0.4 is 0 Å². The summed E-state index contributed by atoms with van der Waals surface area (Å²) in [4.78, 5) is 0. The lowest BCUT2D eigenvalue weighted by Crippen LogP contribution is -2.43. The highest BCUT2D eigenvalue weighted by atomic mass is 31.2. The largest absolute Gasteiger partial charge is 0.330 e. The molecule has 5 heteroatoms. The van der Waals surface area contributed by atoms with Gasteiger partial charge in [-0.15, -0.1) is 0 Å². The van der Waals surface area contributed by atoms with Gasteiger partial charge in [-0.25, -0.2) is 14.1 Å². The first-order chi connectivity index (χ1) is 11.8. The first kappa shape index (κ1) is 18.8. The summed E-state index contributed by atoms with van der Waals surface area (Å²) < 4.78 is 23.5. The molecule has 1 aromatic carbocycles. The van der Waals surface area contributed by atoms with Crippen LogP contribution in [0.4, 0.5) is 0 Å². The van der Waals surface area contributed by atoms with Crippen molar-refractivity contribution in [1.29, 1.82) is 0 Å². The SMILES string of the molecule is Cc1ccc(/C=N/P2(=O)N(C(C)C)[C@@H]3CCCC[C@H]3N2C(C)C)cc1. The predicted octanol–water partition coefficient (Wildman–Crippen LogP) is 5.27. The van der Waals surface area contributed by atoms with Crippen molar-refractivity contribution in [2.75, 3.05) is 0 Å². The van der Waals surface area contributed by atoms with Gasteiger partial charge in [0.25, 0.3) is 0 Å². The summed E-state index contributed by atoms with van der Waals surface area (Å²) in [7, 11) is -2.95. The van der Waals surface area contributed by atoms with E-state index >= 15 is 0 Å². The monoisotopic (exact) mass is 361 g/mol. The minimum absolute atomic E-state index is 0.232. The van der Waals surface area contributed by atoms with Crippen molar-refractivity contribution in [3.8, 4) is 0 Å². The highest BCUT2D eigenvalue weighted by molar-refractivity contribution is 7.58. The lowest BCUT2D eigenvalue weighted by Gasteiger charge is -2.33. The average Bonchev–Trinajstić information content (AvgIpc) is 2.83. The molecule has 1 heterocycles. The van der Waals surface area contributed by atoms with Crippen LogP contribution in [0.1, 0.15) is 64.5 Å². The summed E-state index contributed by atoms with van der Waals surface area (Å²) in [5.41, 5.74) is 2.24. The number of benzene rings is 1. The highest BCUT2D eigenvalue weighted by Crippen LogP contribution is 2.66. The molecule has 1 aliphatic carbocycles. The van der Waals surface area contributed by atoms with Gasteiger partial charge in [0, 0.05) is 30.4 Å². The molecule has 2 aliphatic rings. The molecule has 0 radical (unpaired) electrons. The number of fused-ring (bicyclic) bond motifs is 1. The van der Waals surface area contributed by atoms with E-state index in [9.17, 15) is 4.57 Å².